The number of alkyl halides is 3. The van der Waals surface area contributed by atoms with Crippen molar-refractivity contribution in [2.45, 2.75) is 32.5 Å². The Morgan fingerprint density at radius 1 is 1.33 bits per heavy atom. The molecule has 0 saturated carbocycles. The first-order valence-electron chi connectivity index (χ1n) is 5.66. The van der Waals surface area contributed by atoms with Gasteiger partial charge in [-0.1, -0.05) is 32.0 Å². The Morgan fingerprint density at radius 2 is 1.94 bits per heavy atom. The molecule has 18 heavy (non-hydrogen) atoms. The van der Waals surface area contributed by atoms with Crippen molar-refractivity contribution in [3.8, 4) is 0 Å². The Morgan fingerprint density at radius 3 is 2.44 bits per heavy atom. The number of hydrogen-bond acceptors (Lipinski definition) is 2. The van der Waals surface area contributed by atoms with Gasteiger partial charge < -0.3 is 5.73 Å². The van der Waals surface area contributed by atoms with Gasteiger partial charge in [0.1, 0.15) is 0 Å². The molecule has 100 valence electrons. The topological polar surface area (TPSA) is 43.1 Å². The van der Waals surface area contributed by atoms with Crippen LogP contribution in [0.2, 0.25) is 0 Å². The summed E-state index contributed by atoms with van der Waals surface area (Å²) in [5.41, 5.74) is 5.25. The monoisotopic (exact) mass is 259 g/mol. The predicted octanol–water partition coefficient (Wildman–Crippen LogP) is 2.80. The van der Waals surface area contributed by atoms with E-state index in [1.54, 1.807) is 13.8 Å². The fraction of sp³-hybridized carbons (Fsp3) is 0.462. The van der Waals surface area contributed by atoms with Crippen LogP contribution in [0.15, 0.2) is 24.3 Å². The van der Waals surface area contributed by atoms with E-state index in [2.05, 4.69) is 0 Å². The summed E-state index contributed by atoms with van der Waals surface area (Å²) in [6.07, 6.45) is -4.46. The van der Waals surface area contributed by atoms with Gasteiger partial charge in [-0.25, -0.2) is 0 Å². The summed E-state index contributed by atoms with van der Waals surface area (Å²) in [4.78, 5) is 11.7. The van der Waals surface area contributed by atoms with Crippen LogP contribution in [0.1, 0.15) is 25.0 Å². The van der Waals surface area contributed by atoms with Gasteiger partial charge in [0, 0.05) is 6.42 Å². The highest BCUT2D eigenvalue weighted by Crippen LogP contribution is 2.29. The first-order chi connectivity index (χ1) is 8.21. The molecule has 1 unspecified atom stereocenters. The molecule has 2 N–H and O–H groups in total. The number of carbonyl (C=O) groups is 1. The van der Waals surface area contributed by atoms with Crippen LogP contribution in [0.5, 0.6) is 0 Å². The summed E-state index contributed by atoms with van der Waals surface area (Å²) in [6.45, 7) is 3.60. The van der Waals surface area contributed by atoms with Gasteiger partial charge in [0.2, 0.25) is 0 Å². The molecule has 1 aromatic carbocycles. The van der Waals surface area contributed by atoms with E-state index in [1.165, 1.54) is 12.1 Å². The Bertz CT molecular complexity index is 426. The quantitative estimate of drug-likeness (QED) is 0.903. The van der Waals surface area contributed by atoms with Gasteiger partial charge in [0.05, 0.1) is 11.6 Å². The molecule has 5 heteroatoms. The zero-order valence-electron chi connectivity index (χ0n) is 10.3. The lowest BCUT2D eigenvalue weighted by Gasteiger charge is -2.14. The Balaban J connectivity index is 2.83. The second-order valence-corrected chi connectivity index (χ2v) is 4.61. The van der Waals surface area contributed by atoms with Crippen molar-refractivity contribution in [2.75, 3.05) is 0 Å². The van der Waals surface area contributed by atoms with Gasteiger partial charge in [0.25, 0.3) is 0 Å². The Kier molecular flexibility index (Phi) is 4.51. The number of Topliss-reactive ketones (excluding diaryl/α,β-unsaturated/α-hetero) is 1. The van der Waals surface area contributed by atoms with Crippen LogP contribution in [0.4, 0.5) is 13.2 Å². The number of halogens is 3. The van der Waals surface area contributed by atoms with E-state index in [-0.39, 0.29) is 18.1 Å². The first-order valence-corrected chi connectivity index (χ1v) is 5.66. The molecule has 0 spiro atoms. The van der Waals surface area contributed by atoms with Gasteiger partial charge in [-0.15, -0.1) is 0 Å². The molecular weight excluding hydrogens is 243 g/mol. The van der Waals surface area contributed by atoms with Crippen LogP contribution in [0, 0.1) is 5.92 Å². The SMILES string of the molecule is CC(C)C(N)C(=O)Cc1cccc(C(F)(F)F)c1. The Hall–Kier alpha value is -1.36. The molecule has 0 bridgehead atoms. The lowest BCUT2D eigenvalue weighted by atomic mass is 9.95. The number of rotatable bonds is 4. The van der Waals surface area contributed by atoms with Gasteiger partial charge in [0.15, 0.2) is 5.78 Å². The van der Waals surface area contributed by atoms with Crippen molar-refractivity contribution in [2.24, 2.45) is 11.7 Å². The summed E-state index contributed by atoms with van der Waals surface area (Å²) in [5, 5.41) is 0. The summed E-state index contributed by atoms with van der Waals surface area (Å²) >= 11 is 0. The van der Waals surface area contributed by atoms with Crippen LogP contribution in [-0.2, 0) is 17.4 Å². The molecule has 0 aliphatic rings. The second-order valence-electron chi connectivity index (χ2n) is 4.61. The third-order valence-corrected chi connectivity index (χ3v) is 2.72. The molecule has 0 aromatic heterocycles. The van der Waals surface area contributed by atoms with E-state index < -0.39 is 17.8 Å². The van der Waals surface area contributed by atoms with E-state index in [1.807, 2.05) is 0 Å². The number of carbonyl (C=O) groups excluding carboxylic acids is 1. The average molecular weight is 259 g/mol. The lowest BCUT2D eigenvalue weighted by molar-refractivity contribution is -0.137. The van der Waals surface area contributed by atoms with E-state index >= 15 is 0 Å². The third kappa shape index (κ3) is 3.84. The first kappa shape index (κ1) is 14.7. The molecular formula is C13H16F3NO. The fourth-order valence-corrected chi connectivity index (χ4v) is 1.55. The molecule has 0 radical (unpaired) electrons. The molecule has 1 rings (SSSR count). The molecule has 0 aliphatic heterocycles. The van der Waals surface area contributed by atoms with E-state index in [0.29, 0.717) is 5.56 Å². The number of benzene rings is 1. The maximum absolute atomic E-state index is 12.5. The van der Waals surface area contributed by atoms with E-state index in [9.17, 15) is 18.0 Å². The third-order valence-electron chi connectivity index (χ3n) is 2.72. The van der Waals surface area contributed by atoms with Crippen molar-refractivity contribution < 1.29 is 18.0 Å². The highest BCUT2D eigenvalue weighted by molar-refractivity contribution is 5.86. The zero-order chi connectivity index (χ0) is 13.9. The van der Waals surface area contributed by atoms with Gasteiger partial charge in [-0.05, 0) is 17.5 Å². The van der Waals surface area contributed by atoms with Crippen LogP contribution < -0.4 is 5.73 Å². The molecule has 1 aromatic rings. The summed E-state index contributed by atoms with van der Waals surface area (Å²) in [5.74, 6) is -0.271. The zero-order valence-corrected chi connectivity index (χ0v) is 10.3. The fourth-order valence-electron chi connectivity index (χ4n) is 1.55. The molecule has 0 heterocycles. The minimum Gasteiger partial charge on any atom is -0.321 e. The summed E-state index contributed by atoms with van der Waals surface area (Å²) in [7, 11) is 0. The molecule has 1 atom stereocenters. The Labute approximate surface area is 104 Å². The van der Waals surface area contributed by atoms with Crippen LogP contribution in [-0.4, -0.2) is 11.8 Å². The molecule has 0 aliphatic carbocycles. The lowest BCUT2D eigenvalue weighted by Crippen LogP contribution is -2.36. The van der Waals surface area contributed by atoms with Crippen molar-refractivity contribution in [3.05, 3.63) is 35.4 Å². The maximum Gasteiger partial charge on any atom is 0.416 e. The largest absolute Gasteiger partial charge is 0.416 e. The smallest absolute Gasteiger partial charge is 0.321 e. The minimum absolute atomic E-state index is 0.0247. The minimum atomic E-state index is -4.39. The van der Waals surface area contributed by atoms with Crippen molar-refractivity contribution in [1.82, 2.24) is 0 Å². The number of hydrogen-bond donors (Lipinski definition) is 1. The molecule has 0 amide bonds. The molecule has 0 saturated heterocycles. The maximum atomic E-state index is 12.5. The number of ketones is 1. The van der Waals surface area contributed by atoms with Crippen molar-refractivity contribution in [3.63, 3.8) is 0 Å². The molecule has 0 fully saturated rings. The van der Waals surface area contributed by atoms with Gasteiger partial charge in [-0.3, -0.25) is 4.79 Å². The molecule has 2 nitrogen and oxygen atoms in total. The van der Waals surface area contributed by atoms with Gasteiger partial charge in [-0.2, -0.15) is 13.2 Å². The van der Waals surface area contributed by atoms with E-state index in [4.69, 9.17) is 5.73 Å². The van der Waals surface area contributed by atoms with Crippen LogP contribution in [0.25, 0.3) is 0 Å². The van der Waals surface area contributed by atoms with Crippen LogP contribution >= 0.6 is 0 Å². The highest BCUT2D eigenvalue weighted by Gasteiger charge is 2.30. The second kappa shape index (κ2) is 5.52. The summed E-state index contributed by atoms with van der Waals surface area (Å²) < 4.78 is 37.4. The highest BCUT2D eigenvalue weighted by atomic mass is 19.4. The standard InChI is InChI=1S/C13H16F3NO/c1-8(2)12(17)11(18)7-9-4-3-5-10(6-9)13(14,15)16/h3-6,8,12H,7,17H2,1-2H3. The predicted molar refractivity (Wildman–Crippen MR) is 63.0 cm³/mol. The van der Waals surface area contributed by atoms with Gasteiger partial charge >= 0.3 is 6.18 Å². The summed E-state index contributed by atoms with van der Waals surface area (Å²) in [6, 6.07) is 4.13. The van der Waals surface area contributed by atoms with Crippen LogP contribution in [0.3, 0.4) is 0 Å². The van der Waals surface area contributed by atoms with Crippen molar-refractivity contribution in [1.29, 1.82) is 0 Å². The van der Waals surface area contributed by atoms with Crippen molar-refractivity contribution >= 4 is 5.78 Å². The van der Waals surface area contributed by atoms with E-state index in [0.717, 1.165) is 12.1 Å². The average Bonchev–Trinajstić information content (AvgIpc) is 2.27. The normalized spacial score (nSPS) is 13.7. The number of nitrogens with two attached hydrogens (primary N) is 1.